The van der Waals surface area contributed by atoms with Crippen molar-refractivity contribution in [3.05, 3.63) is 60.2 Å². The molecule has 0 aliphatic carbocycles. The predicted octanol–water partition coefficient (Wildman–Crippen LogP) is 3.29. The number of amidine groups is 1. The third-order valence-electron chi connectivity index (χ3n) is 4.28. The normalized spacial score (nSPS) is 17.2. The lowest BCUT2D eigenvalue weighted by molar-refractivity contribution is 0.321. The maximum atomic E-state index is 5.68. The van der Waals surface area contributed by atoms with E-state index in [9.17, 15) is 0 Å². The van der Waals surface area contributed by atoms with Crippen molar-refractivity contribution in [2.75, 3.05) is 25.4 Å². The van der Waals surface area contributed by atoms with Gasteiger partial charge >= 0.3 is 0 Å². The summed E-state index contributed by atoms with van der Waals surface area (Å²) in [6.07, 6.45) is 3.34. The van der Waals surface area contributed by atoms with Crippen LogP contribution in [0, 0.1) is 5.92 Å². The fourth-order valence-electron chi connectivity index (χ4n) is 2.94. The molecule has 0 spiro atoms. The summed E-state index contributed by atoms with van der Waals surface area (Å²) >= 11 is 0. The van der Waals surface area contributed by atoms with E-state index in [1.807, 2.05) is 24.3 Å². The SMILES string of the molecule is Nc1ccc(OCCNC2=NCC(Cc3ccccc3)CC2)cc1. The second kappa shape index (κ2) is 8.39. The maximum absolute atomic E-state index is 5.68. The van der Waals surface area contributed by atoms with Gasteiger partial charge in [0.1, 0.15) is 12.4 Å². The Labute approximate surface area is 143 Å². The molecule has 0 amide bonds. The Morgan fingerprint density at radius 2 is 1.88 bits per heavy atom. The number of anilines is 1. The highest BCUT2D eigenvalue weighted by molar-refractivity contribution is 5.82. The van der Waals surface area contributed by atoms with Gasteiger partial charge in [-0.05, 0) is 48.6 Å². The Morgan fingerprint density at radius 3 is 2.58 bits per heavy atom. The molecule has 0 saturated heterocycles. The summed E-state index contributed by atoms with van der Waals surface area (Å²) < 4.78 is 5.68. The van der Waals surface area contributed by atoms with Crippen LogP contribution >= 0.6 is 0 Å². The van der Waals surface area contributed by atoms with Gasteiger partial charge in [-0.1, -0.05) is 30.3 Å². The van der Waals surface area contributed by atoms with Crippen LogP contribution in [-0.2, 0) is 6.42 Å². The van der Waals surface area contributed by atoms with Crippen molar-refractivity contribution in [1.29, 1.82) is 0 Å². The monoisotopic (exact) mass is 323 g/mol. The average molecular weight is 323 g/mol. The molecule has 0 radical (unpaired) electrons. The Morgan fingerprint density at radius 1 is 1.08 bits per heavy atom. The van der Waals surface area contributed by atoms with E-state index in [4.69, 9.17) is 15.5 Å². The smallest absolute Gasteiger partial charge is 0.119 e. The molecule has 0 bridgehead atoms. The quantitative estimate of drug-likeness (QED) is 0.633. The minimum atomic E-state index is 0.621. The fourth-order valence-corrected chi connectivity index (χ4v) is 2.94. The van der Waals surface area contributed by atoms with Crippen molar-refractivity contribution >= 4 is 11.5 Å². The molecule has 0 aromatic heterocycles. The van der Waals surface area contributed by atoms with Crippen molar-refractivity contribution in [3.8, 4) is 5.75 Å². The number of nitrogens with one attached hydrogen (secondary N) is 1. The molecule has 126 valence electrons. The summed E-state index contributed by atoms with van der Waals surface area (Å²) in [4.78, 5) is 4.70. The van der Waals surface area contributed by atoms with E-state index in [-0.39, 0.29) is 0 Å². The van der Waals surface area contributed by atoms with Crippen molar-refractivity contribution in [1.82, 2.24) is 5.32 Å². The van der Waals surface area contributed by atoms with E-state index >= 15 is 0 Å². The van der Waals surface area contributed by atoms with Gasteiger partial charge < -0.3 is 15.8 Å². The molecule has 1 aliphatic heterocycles. The topological polar surface area (TPSA) is 59.6 Å². The molecule has 0 fully saturated rings. The lowest BCUT2D eigenvalue weighted by atomic mass is 9.93. The molecule has 1 atom stereocenters. The van der Waals surface area contributed by atoms with Gasteiger partial charge in [-0.3, -0.25) is 4.99 Å². The molecule has 1 aliphatic rings. The first kappa shape index (κ1) is 16.4. The highest BCUT2D eigenvalue weighted by Gasteiger charge is 2.15. The predicted molar refractivity (Wildman–Crippen MR) is 99.5 cm³/mol. The molecule has 3 rings (SSSR count). The third-order valence-corrected chi connectivity index (χ3v) is 4.28. The molecule has 3 N–H and O–H groups in total. The number of rotatable bonds is 6. The van der Waals surface area contributed by atoms with Crippen molar-refractivity contribution < 1.29 is 4.74 Å². The molecule has 2 aromatic carbocycles. The fraction of sp³-hybridized carbons (Fsp3) is 0.350. The van der Waals surface area contributed by atoms with Gasteiger partial charge in [0.05, 0.1) is 12.4 Å². The molecular weight excluding hydrogens is 298 g/mol. The van der Waals surface area contributed by atoms with E-state index < -0.39 is 0 Å². The number of ether oxygens (including phenoxy) is 1. The van der Waals surface area contributed by atoms with Gasteiger partial charge in [-0.25, -0.2) is 0 Å². The van der Waals surface area contributed by atoms with Crippen LogP contribution in [0.3, 0.4) is 0 Å². The summed E-state index contributed by atoms with van der Waals surface area (Å²) in [5.74, 6) is 2.61. The summed E-state index contributed by atoms with van der Waals surface area (Å²) in [6.45, 7) is 2.30. The van der Waals surface area contributed by atoms with Gasteiger partial charge in [0, 0.05) is 18.7 Å². The molecule has 0 saturated carbocycles. The summed E-state index contributed by atoms with van der Waals surface area (Å²) in [7, 11) is 0. The van der Waals surface area contributed by atoms with E-state index in [1.165, 1.54) is 12.0 Å². The summed E-state index contributed by atoms with van der Waals surface area (Å²) in [5, 5.41) is 3.39. The average Bonchev–Trinajstić information content (AvgIpc) is 2.62. The van der Waals surface area contributed by atoms with Crippen LogP contribution in [0.15, 0.2) is 59.6 Å². The minimum Gasteiger partial charge on any atom is -0.492 e. The largest absolute Gasteiger partial charge is 0.492 e. The summed E-state index contributed by atoms with van der Waals surface area (Å²) in [5.41, 5.74) is 7.82. The van der Waals surface area contributed by atoms with Crippen molar-refractivity contribution in [2.24, 2.45) is 10.9 Å². The zero-order chi connectivity index (χ0) is 16.6. The summed E-state index contributed by atoms with van der Waals surface area (Å²) in [6, 6.07) is 18.2. The number of nitrogens with zero attached hydrogens (tertiary/aromatic N) is 1. The Bertz CT molecular complexity index is 652. The van der Waals surface area contributed by atoms with Crippen LogP contribution in [0.5, 0.6) is 5.75 Å². The van der Waals surface area contributed by atoms with Crippen LogP contribution in [0.4, 0.5) is 5.69 Å². The molecule has 24 heavy (non-hydrogen) atoms. The standard InChI is InChI=1S/C20H25N3O/c21-18-7-9-19(10-8-18)24-13-12-22-20-11-6-17(15-23-20)14-16-4-2-1-3-5-16/h1-5,7-10,17H,6,11-15,21H2,(H,22,23). The van der Waals surface area contributed by atoms with Gasteiger partial charge in [-0.15, -0.1) is 0 Å². The minimum absolute atomic E-state index is 0.621. The molecule has 1 unspecified atom stereocenters. The van der Waals surface area contributed by atoms with Gasteiger partial charge in [0.25, 0.3) is 0 Å². The Hall–Kier alpha value is -2.49. The highest BCUT2D eigenvalue weighted by atomic mass is 16.5. The maximum Gasteiger partial charge on any atom is 0.119 e. The second-order valence-electron chi connectivity index (χ2n) is 6.23. The zero-order valence-corrected chi connectivity index (χ0v) is 13.9. The Balaban J connectivity index is 1.36. The van der Waals surface area contributed by atoms with Gasteiger partial charge in [0.15, 0.2) is 0 Å². The van der Waals surface area contributed by atoms with Crippen molar-refractivity contribution in [3.63, 3.8) is 0 Å². The van der Waals surface area contributed by atoms with E-state index in [2.05, 4.69) is 35.6 Å². The molecular formula is C20H25N3O. The number of hydrogen-bond donors (Lipinski definition) is 2. The molecule has 1 heterocycles. The van der Waals surface area contributed by atoms with Crippen LogP contribution in [-0.4, -0.2) is 25.5 Å². The van der Waals surface area contributed by atoms with Crippen LogP contribution in [0.25, 0.3) is 0 Å². The van der Waals surface area contributed by atoms with Gasteiger partial charge in [0.2, 0.25) is 0 Å². The van der Waals surface area contributed by atoms with E-state index in [1.54, 1.807) is 0 Å². The van der Waals surface area contributed by atoms with Crippen molar-refractivity contribution in [2.45, 2.75) is 19.3 Å². The van der Waals surface area contributed by atoms with Crippen LogP contribution < -0.4 is 15.8 Å². The Kier molecular flexibility index (Phi) is 5.72. The third kappa shape index (κ3) is 5.01. The van der Waals surface area contributed by atoms with Crippen LogP contribution in [0.1, 0.15) is 18.4 Å². The lowest BCUT2D eigenvalue weighted by Crippen LogP contribution is -2.32. The second-order valence-corrected chi connectivity index (χ2v) is 6.23. The first-order chi connectivity index (χ1) is 11.8. The first-order valence-electron chi connectivity index (χ1n) is 8.59. The number of nitrogen functional groups attached to an aromatic ring is 1. The zero-order valence-electron chi connectivity index (χ0n) is 13.9. The molecule has 4 nitrogen and oxygen atoms in total. The van der Waals surface area contributed by atoms with Crippen LogP contribution in [0.2, 0.25) is 0 Å². The molecule has 2 aromatic rings. The number of aliphatic imine (C=N–C) groups is 1. The number of nitrogens with two attached hydrogens (primary N) is 1. The number of benzene rings is 2. The number of hydrogen-bond acceptors (Lipinski definition) is 4. The first-order valence-corrected chi connectivity index (χ1v) is 8.59. The molecule has 4 heteroatoms. The lowest BCUT2D eigenvalue weighted by Gasteiger charge is -2.22. The highest BCUT2D eigenvalue weighted by Crippen LogP contribution is 2.18. The van der Waals surface area contributed by atoms with Gasteiger partial charge in [-0.2, -0.15) is 0 Å². The van der Waals surface area contributed by atoms with E-state index in [0.29, 0.717) is 12.5 Å². The van der Waals surface area contributed by atoms with E-state index in [0.717, 1.165) is 43.2 Å².